The fraction of sp³-hybridized carbons (Fsp3) is 0.351. The second-order valence-corrected chi connectivity index (χ2v) is 12.2. The Balaban J connectivity index is 0.000000193. The van der Waals surface area contributed by atoms with Crippen molar-refractivity contribution in [2.75, 3.05) is 59.5 Å². The molecule has 260 valence electrons. The summed E-state index contributed by atoms with van der Waals surface area (Å²) in [6.07, 6.45) is 10.7. The largest absolute Gasteiger partial charge is 0.484 e. The first-order valence-corrected chi connectivity index (χ1v) is 16.7. The van der Waals surface area contributed by atoms with Gasteiger partial charge in [-0.3, -0.25) is 14.5 Å². The van der Waals surface area contributed by atoms with Crippen LogP contribution in [0.4, 0.5) is 0 Å². The number of halogens is 2. The molecule has 2 saturated heterocycles. The molecule has 2 fully saturated rings. The van der Waals surface area contributed by atoms with E-state index in [4.69, 9.17) is 35.3 Å². The number of amides is 2. The summed E-state index contributed by atoms with van der Waals surface area (Å²) in [6.45, 7) is 6.29. The van der Waals surface area contributed by atoms with E-state index >= 15 is 0 Å². The fourth-order valence-corrected chi connectivity index (χ4v) is 5.89. The Hall–Kier alpha value is -4.38. The van der Waals surface area contributed by atoms with Crippen molar-refractivity contribution in [3.05, 3.63) is 95.0 Å². The number of likely N-dealkylation sites (tertiary alicyclic amines) is 1. The maximum absolute atomic E-state index is 12.4. The molecule has 7 rings (SSSR count). The molecule has 0 saturated carbocycles. The Kier molecular flexibility index (Phi) is 13.1. The highest BCUT2D eigenvalue weighted by Gasteiger charge is 2.22. The molecular weight excluding hydrogens is 669 g/mol. The average molecular weight is 711 g/mol. The van der Waals surface area contributed by atoms with Gasteiger partial charge in [-0.2, -0.15) is 0 Å². The van der Waals surface area contributed by atoms with Crippen molar-refractivity contribution in [1.82, 2.24) is 14.7 Å². The number of rotatable bonds is 8. The molecule has 12 heteroatoms. The van der Waals surface area contributed by atoms with E-state index in [0.29, 0.717) is 23.9 Å². The third kappa shape index (κ3) is 10.3. The van der Waals surface area contributed by atoms with E-state index in [1.54, 1.807) is 36.4 Å². The third-order valence-corrected chi connectivity index (χ3v) is 8.70. The molecular formula is C37H41Cl2N3O7. The van der Waals surface area contributed by atoms with Crippen LogP contribution in [-0.4, -0.2) is 86.0 Å². The summed E-state index contributed by atoms with van der Waals surface area (Å²) >= 11 is 5.85. The zero-order valence-electron chi connectivity index (χ0n) is 27.3. The summed E-state index contributed by atoms with van der Waals surface area (Å²) in [5.41, 5.74) is 2.21. The average Bonchev–Trinajstić information content (AvgIpc) is 3.80. The smallest absolute Gasteiger partial charge is 0.260 e. The van der Waals surface area contributed by atoms with Gasteiger partial charge in [-0.1, -0.05) is 42.0 Å². The van der Waals surface area contributed by atoms with Crippen molar-refractivity contribution >= 4 is 41.9 Å². The second kappa shape index (κ2) is 17.9. The molecule has 0 unspecified atom stereocenters. The summed E-state index contributed by atoms with van der Waals surface area (Å²) in [6, 6.07) is 18.8. The van der Waals surface area contributed by atoms with E-state index in [2.05, 4.69) is 11.0 Å². The van der Waals surface area contributed by atoms with E-state index in [-0.39, 0.29) is 44.4 Å². The third-order valence-electron chi connectivity index (χ3n) is 8.45. The van der Waals surface area contributed by atoms with Crippen molar-refractivity contribution in [2.24, 2.45) is 0 Å². The number of carbonyl (C=O) groups is 2. The van der Waals surface area contributed by atoms with E-state index in [1.807, 2.05) is 52.3 Å². The Morgan fingerprint density at radius 2 is 1.37 bits per heavy atom. The minimum absolute atomic E-state index is 0. The van der Waals surface area contributed by atoms with Crippen LogP contribution in [0.25, 0.3) is 6.08 Å². The predicted octanol–water partition coefficient (Wildman–Crippen LogP) is 6.21. The Morgan fingerprint density at radius 1 is 0.714 bits per heavy atom. The van der Waals surface area contributed by atoms with Crippen LogP contribution in [0.1, 0.15) is 30.4 Å². The minimum atomic E-state index is 0. The molecule has 0 atom stereocenters. The number of piperidine rings is 1. The van der Waals surface area contributed by atoms with Crippen LogP contribution < -0.4 is 23.7 Å². The number of carbonyl (C=O) groups excluding carboxylic acids is 2. The van der Waals surface area contributed by atoms with Gasteiger partial charge in [0.05, 0.1) is 0 Å². The van der Waals surface area contributed by atoms with Crippen molar-refractivity contribution < 1.29 is 33.3 Å². The van der Waals surface area contributed by atoms with Gasteiger partial charge in [-0.25, -0.2) is 0 Å². The fourth-order valence-electron chi connectivity index (χ4n) is 5.76. The minimum Gasteiger partial charge on any atom is -0.484 e. The second-order valence-electron chi connectivity index (χ2n) is 11.8. The van der Waals surface area contributed by atoms with E-state index in [9.17, 15) is 9.59 Å². The molecule has 2 amide bonds. The lowest BCUT2D eigenvalue weighted by Crippen LogP contribution is -2.49. The molecule has 10 nitrogen and oxygen atoms in total. The van der Waals surface area contributed by atoms with Gasteiger partial charge >= 0.3 is 0 Å². The van der Waals surface area contributed by atoms with Crippen molar-refractivity contribution in [2.45, 2.75) is 25.8 Å². The van der Waals surface area contributed by atoms with Crippen LogP contribution in [0.2, 0.25) is 5.02 Å². The molecule has 0 aliphatic carbocycles. The molecule has 0 N–H and O–H groups in total. The first kappa shape index (κ1) is 35.9. The molecule has 3 aromatic carbocycles. The lowest BCUT2D eigenvalue weighted by atomic mass is 10.1. The van der Waals surface area contributed by atoms with E-state index in [1.165, 1.54) is 12.0 Å². The zero-order chi connectivity index (χ0) is 33.1. The first-order chi connectivity index (χ1) is 23.5. The number of piperazine rings is 1. The SMILES string of the molecule is Cl.O=C(C=CC=Cc1ccc2c(c1)OCO2)N1CCCCC1.O=C(COc1ccc(Cl)cc1)N1CCN(Cc2ccc3c(c2)OCO3)CC1. The number of hydrogen-bond donors (Lipinski definition) is 0. The number of fused-ring (bicyclic) bond motifs is 2. The topological polar surface area (TPSA) is 90.0 Å². The standard InChI is InChI=1S/C20H21ClN2O4.C17H19NO3.ClH/c21-16-2-4-17(5-3-16)25-13-20(24)23-9-7-22(8-10-23)12-15-1-6-18-19(11-15)27-14-26-18;19-17(18-10-4-1-5-11-18)7-3-2-6-14-8-9-15-16(12-14)21-13-20-15;/h1-6,11H,7-10,12-14H2;2-3,6-9,12H,1,4-5,10-11,13H2;1H. The lowest BCUT2D eigenvalue weighted by Gasteiger charge is -2.34. The Morgan fingerprint density at radius 3 is 2.08 bits per heavy atom. The number of nitrogens with zero attached hydrogens (tertiary/aromatic N) is 3. The molecule has 0 bridgehead atoms. The normalized spacial score (nSPS) is 16.7. The highest BCUT2D eigenvalue weighted by molar-refractivity contribution is 6.30. The van der Waals surface area contributed by atoms with Crippen molar-refractivity contribution in [1.29, 1.82) is 0 Å². The molecule has 0 aromatic heterocycles. The molecule has 4 aliphatic heterocycles. The highest BCUT2D eigenvalue weighted by Crippen LogP contribution is 2.33. The highest BCUT2D eigenvalue weighted by atomic mass is 35.5. The number of ether oxygens (including phenoxy) is 5. The van der Waals surface area contributed by atoms with Gasteiger partial charge < -0.3 is 33.5 Å². The van der Waals surface area contributed by atoms with Crippen LogP contribution in [0.3, 0.4) is 0 Å². The van der Waals surface area contributed by atoms with Crippen LogP contribution in [0.5, 0.6) is 28.7 Å². The van der Waals surface area contributed by atoms with E-state index in [0.717, 1.165) is 74.1 Å². The Bertz CT molecular complexity index is 1620. The van der Waals surface area contributed by atoms with Crippen molar-refractivity contribution in [3.63, 3.8) is 0 Å². The first-order valence-electron chi connectivity index (χ1n) is 16.3. The summed E-state index contributed by atoms with van der Waals surface area (Å²) < 4.78 is 26.9. The van der Waals surface area contributed by atoms with Gasteiger partial charge in [0.2, 0.25) is 19.5 Å². The molecule has 0 radical (unpaired) electrons. The lowest BCUT2D eigenvalue weighted by molar-refractivity contribution is -0.135. The van der Waals surface area contributed by atoms with Crippen molar-refractivity contribution in [3.8, 4) is 28.7 Å². The summed E-state index contributed by atoms with van der Waals surface area (Å²) in [5, 5.41) is 0.646. The summed E-state index contributed by atoms with van der Waals surface area (Å²) in [7, 11) is 0. The van der Waals surface area contributed by atoms with Gasteiger partial charge in [0.1, 0.15) is 5.75 Å². The molecule has 3 aromatic rings. The van der Waals surface area contributed by atoms with Crippen LogP contribution in [0.15, 0.2) is 78.9 Å². The van der Waals surface area contributed by atoms with Gasteiger partial charge in [0.15, 0.2) is 29.6 Å². The maximum atomic E-state index is 12.4. The molecule has 0 spiro atoms. The maximum Gasteiger partial charge on any atom is 0.260 e. The molecule has 4 heterocycles. The molecule has 49 heavy (non-hydrogen) atoms. The van der Waals surface area contributed by atoms with Crippen LogP contribution in [0, 0.1) is 0 Å². The van der Waals surface area contributed by atoms with Crippen LogP contribution >= 0.6 is 24.0 Å². The molecule has 4 aliphatic rings. The quantitative estimate of drug-likeness (QED) is 0.202. The predicted molar refractivity (Wildman–Crippen MR) is 190 cm³/mol. The van der Waals surface area contributed by atoms with Gasteiger partial charge in [-0.15, -0.1) is 12.4 Å². The Labute approximate surface area is 298 Å². The monoisotopic (exact) mass is 709 g/mol. The number of allylic oxidation sites excluding steroid dienone is 2. The number of hydrogen-bond acceptors (Lipinski definition) is 8. The number of benzene rings is 3. The van der Waals surface area contributed by atoms with Gasteiger partial charge in [0.25, 0.3) is 5.91 Å². The zero-order valence-corrected chi connectivity index (χ0v) is 28.8. The van der Waals surface area contributed by atoms with Crippen LogP contribution in [-0.2, 0) is 16.1 Å². The summed E-state index contributed by atoms with van der Waals surface area (Å²) in [4.78, 5) is 30.4. The summed E-state index contributed by atoms with van der Waals surface area (Å²) in [5.74, 6) is 3.91. The van der Waals surface area contributed by atoms with Gasteiger partial charge in [0, 0.05) is 56.9 Å². The van der Waals surface area contributed by atoms with Gasteiger partial charge in [-0.05, 0) is 78.9 Å². The van der Waals surface area contributed by atoms with E-state index < -0.39 is 0 Å².